The van der Waals surface area contributed by atoms with E-state index in [2.05, 4.69) is 37.0 Å². The predicted molar refractivity (Wildman–Crippen MR) is 96.3 cm³/mol. The molecule has 24 heavy (non-hydrogen) atoms. The van der Waals surface area contributed by atoms with Crippen molar-refractivity contribution < 1.29 is 9.47 Å². The SMILES string of the molecule is COc1cc2cc(-c3cnc4ccc([NH][Al])nn34)sc2cc1OC. The standard InChI is InChI=1S/C16H13N4O2S.Al/c1-21-11-5-9-6-14(23-13(9)7-12(11)22-2)10-8-18-16-4-3-15(17)19-20(10)16;/h3-8H,1-2H3,(H-,17,19);/q-1;+1. The van der Waals surface area contributed by atoms with Crippen molar-refractivity contribution in [2.75, 3.05) is 18.5 Å². The van der Waals surface area contributed by atoms with Crippen molar-refractivity contribution in [3.8, 4) is 22.1 Å². The monoisotopic (exact) mass is 352 g/mol. The number of rotatable bonds is 4. The molecule has 0 saturated heterocycles. The molecule has 1 N–H and O–H groups in total. The molecule has 0 aliphatic carbocycles. The summed E-state index contributed by atoms with van der Waals surface area (Å²) >= 11 is 4.12. The van der Waals surface area contributed by atoms with E-state index in [-0.39, 0.29) is 0 Å². The zero-order chi connectivity index (χ0) is 16.7. The van der Waals surface area contributed by atoms with Gasteiger partial charge in [-0.25, -0.2) is 9.50 Å². The van der Waals surface area contributed by atoms with Gasteiger partial charge in [-0.1, -0.05) is 0 Å². The third-order valence-electron chi connectivity index (χ3n) is 3.79. The zero-order valence-electron chi connectivity index (χ0n) is 13.1. The molecule has 8 heteroatoms. The van der Waals surface area contributed by atoms with Gasteiger partial charge in [0, 0.05) is 10.8 Å². The van der Waals surface area contributed by atoms with E-state index in [0.29, 0.717) is 0 Å². The summed E-state index contributed by atoms with van der Waals surface area (Å²) < 4.78 is 16.7. The van der Waals surface area contributed by atoms with Crippen LogP contribution in [0.4, 0.5) is 5.82 Å². The fourth-order valence-electron chi connectivity index (χ4n) is 2.61. The summed E-state index contributed by atoms with van der Waals surface area (Å²) in [5.74, 6) is 2.21. The molecule has 0 unspecified atom stereocenters. The van der Waals surface area contributed by atoms with Gasteiger partial charge in [-0.2, -0.15) is 5.10 Å². The molecule has 0 atom stereocenters. The Kier molecular flexibility index (Phi) is 3.81. The van der Waals surface area contributed by atoms with Gasteiger partial charge in [0.2, 0.25) is 0 Å². The highest BCUT2D eigenvalue weighted by Crippen LogP contribution is 2.39. The average molecular weight is 352 g/mol. The Hall–Kier alpha value is -2.27. The third kappa shape index (κ3) is 2.40. The van der Waals surface area contributed by atoms with Crippen LogP contribution in [0.5, 0.6) is 11.5 Å². The Bertz CT molecular complexity index is 1000. The molecule has 0 saturated carbocycles. The lowest BCUT2D eigenvalue weighted by molar-refractivity contribution is 0.356. The van der Waals surface area contributed by atoms with E-state index in [4.69, 9.17) is 9.47 Å². The molecule has 0 aliphatic rings. The van der Waals surface area contributed by atoms with Gasteiger partial charge >= 0.3 is 16.5 Å². The molecule has 6 nitrogen and oxygen atoms in total. The second-order valence-corrected chi connectivity index (χ2v) is 6.50. The van der Waals surface area contributed by atoms with Gasteiger partial charge in [0.05, 0.1) is 25.3 Å². The number of thiophene rings is 1. The van der Waals surface area contributed by atoms with Crippen LogP contribution in [0.15, 0.2) is 36.5 Å². The molecule has 118 valence electrons. The number of nitrogens with one attached hydrogen (secondary N) is 1. The van der Waals surface area contributed by atoms with E-state index in [0.717, 1.165) is 43.6 Å². The Balaban J connectivity index is 1.90. The summed E-state index contributed by atoms with van der Waals surface area (Å²) in [5.41, 5.74) is 1.76. The molecule has 0 amide bonds. The van der Waals surface area contributed by atoms with Gasteiger partial charge in [0.1, 0.15) is 11.5 Å². The smallest absolute Gasteiger partial charge is 0.308 e. The number of benzene rings is 1. The van der Waals surface area contributed by atoms with Crippen molar-refractivity contribution >= 4 is 49.4 Å². The van der Waals surface area contributed by atoms with Gasteiger partial charge < -0.3 is 13.8 Å². The molecule has 0 fully saturated rings. The quantitative estimate of drug-likeness (QED) is 0.572. The first kappa shape index (κ1) is 15.3. The number of anilines is 1. The first-order chi connectivity index (χ1) is 11.7. The Labute approximate surface area is 150 Å². The molecular weight excluding hydrogens is 339 g/mol. The van der Waals surface area contributed by atoms with Gasteiger partial charge in [0.15, 0.2) is 17.1 Å². The van der Waals surface area contributed by atoms with Crippen LogP contribution in [-0.2, 0) is 0 Å². The lowest BCUT2D eigenvalue weighted by Gasteiger charge is -2.06. The number of nitrogens with zero attached hydrogens (tertiary/aromatic N) is 3. The second-order valence-electron chi connectivity index (χ2n) is 5.13. The molecular formula is C16H13AlN4O2S. The van der Waals surface area contributed by atoms with E-state index in [9.17, 15) is 0 Å². The number of methoxy groups -OCH3 is 2. The van der Waals surface area contributed by atoms with Gasteiger partial charge in [-0.15, -0.1) is 11.3 Å². The van der Waals surface area contributed by atoms with Crippen LogP contribution < -0.4 is 13.8 Å². The number of hydrogen-bond donors (Lipinski definition) is 1. The summed E-state index contributed by atoms with van der Waals surface area (Å²) in [6.45, 7) is 0. The Morgan fingerprint density at radius 1 is 1.12 bits per heavy atom. The van der Waals surface area contributed by atoms with Crippen molar-refractivity contribution in [3.05, 3.63) is 36.5 Å². The van der Waals surface area contributed by atoms with Gasteiger partial charge in [0.25, 0.3) is 0 Å². The molecule has 0 aliphatic heterocycles. The fraction of sp³-hybridized carbons (Fsp3) is 0.125. The zero-order valence-corrected chi connectivity index (χ0v) is 15.1. The minimum absolute atomic E-state index is 0.722. The van der Waals surface area contributed by atoms with Crippen molar-refractivity contribution in [1.29, 1.82) is 0 Å². The largest absolute Gasteiger partial charge is 0.493 e. The second kappa shape index (κ2) is 5.98. The molecule has 4 rings (SSSR count). The highest BCUT2D eigenvalue weighted by Gasteiger charge is 2.13. The topological polar surface area (TPSA) is 60.7 Å². The van der Waals surface area contributed by atoms with Crippen LogP contribution in [0.2, 0.25) is 0 Å². The third-order valence-corrected chi connectivity index (χ3v) is 5.20. The van der Waals surface area contributed by atoms with Crippen molar-refractivity contribution in [3.63, 3.8) is 0 Å². The van der Waals surface area contributed by atoms with Gasteiger partial charge in [-0.05, 0) is 29.7 Å². The van der Waals surface area contributed by atoms with Crippen LogP contribution in [-0.4, -0.2) is 45.3 Å². The van der Waals surface area contributed by atoms with Crippen LogP contribution in [0.25, 0.3) is 26.3 Å². The fourth-order valence-corrected chi connectivity index (χ4v) is 3.83. The maximum absolute atomic E-state index is 5.39. The highest BCUT2D eigenvalue weighted by molar-refractivity contribution is 7.22. The van der Waals surface area contributed by atoms with Crippen molar-refractivity contribution in [2.24, 2.45) is 0 Å². The van der Waals surface area contributed by atoms with Crippen LogP contribution in [0, 0.1) is 0 Å². The van der Waals surface area contributed by atoms with E-state index < -0.39 is 0 Å². The number of imidazole rings is 1. The first-order valence-corrected chi connectivity index (χ1v) is 8.60. The molecule has 2 radical (unpaired) electrons. The lowest BCUT2D eigenvalue weighted by Crippen LogP contribution is -2.00. The predicted octanol–water partition coefficient (Wildman–Crippen LogP) is 3.12. The molecule has 3 aromatic heterocycles. The van der Waals surface area contributed by atoms with E-state index in [1.54, 1.807) is 25.6 Å². The summed E-state index contributed by atoms with van der Waals surface area (Å²) in [6.07, 6.45) is 1.84. The normalized spacial score (nSPS) is 11.1. The maximum Gasteiger partial charge on any atom is 0.308 e. The summed E-state index contributed by atoms with van der Waals surface area (Å²) in [7, 11) is 3.28. The van der Waals surface area contributed by atoms with E-state index in [1.807, 2.05) is 35.0 Å². The summed E-state index contributed by atoms with van der Waals surface area (Å²) in [6, 6.07) is 9.92. The summed E-state index contributed by atoms with van der Waals surface area (Å²) in [4.78, 5) is 5.52. The molecule has 0 bridgehead atoms. The Morgan fingerprint density at radius 3 is 2.67 bits per heavy atom. The lowest BCUT2D eigenvalue weighted by atomic mass is 10.2. The molecule has 1 aromatic carbocycles. The number of ether oxygens (including phenoxy) is 2. The van der Waals surface area contributed by atoms with Crippen LogP contribution in [0.3, 0.4) is 0 Å². The molecule has 4 aromatic rings. The molecule has 3 heterocycles. The maximum atomic E-state index is 5.39. The molecule has 0 spiro atoms. The number of hydrogen-bond acceptors (Lipinski definition) is 6. The minimum Gasteiger partial charge on any atom is -0.493 e. The van der Waals surface area contributed by atoms with Crippen molar-refractivity contribution in [1.82, 2.24) is 14.6 Å². The first-order valence-electron chi connectivity index (χ1n) is 7.21. The van der Waals surface area contributed by atoms with Crippen LogP contribution in [0.1, 0.15) is 0 Å². The van der Waals surface area contributed by atoms with E-state index in [1.165, 1.54) is 0 Å². The van der Waals surface area contributed by atoms with Crippen LogP contribution >= 0.6 is 11.3 Å². The Morgan fingerprint density at radius 2 is 1.92 bits per heavy atom. The van der Waals surface area contributed by atoms with Gasteiger partial charge in [-0.3, -0.25) is 0 Å². The number of aromatic nitrogens is 3. The summed E-state index contributed by atoms with van der Waals surface area (Å²) in [5, 5.41) is 5.65. The minimum atomic E-state index is 0.722. The average Bonchev–Trinajstić information content (AvgIpc) is 3.22. The van der Waals surface area contributed by atoms with E-state index >= 15 is 0 Å². The number of fused-ring (bicyclic) bond motifs is 2. The highest BCUT2D eigenvalue weighted by atomic mass is 32.1. The van der Waals surface area contributed by atoms with Crippen molar-refractivity contribution in [2.45, 2.75) is 0 Å².